The van der Waals surface area contributed by atoms with Crippen LogP contribution in [0.15, 0.2) is 24.3 Å². The van der Waals surface area contributed by atoms with Gasteiger partial charge in [-0.25, -0.2) is 0 Å². The Labute approximate surface area is 143 Å². The van der Waals surface area contributed by atoms with Gasteiger partial charge in [-0.1, -0.05) is 25.3 Å². The van der Waals surface area contributed by atoms with Crippen LogP contribution in [0.3, 0.4) is 0 Å². The first kappa shape index (κ1) is 19.5. The van der Waals surface area contributed by atoms with Crippen LogP contribution >= 0.6 is 12.4 Å². The van der Waals surface area contributed by atoms with Crippen LogP contribution in [0.2, 0.25) is 0 Å². The van der Waals surface area contributed by atoms with Gasteiger partial charge in [0.2, 0.25) is 0 Å². The van der Waals surface area contributed by atoms with E-state index in [1.807, 2.05) is 0 Å². The molecule has 128 valence electrons. The van der Waals surface area contributed by atoms with Crippen LogP contribution in [0.5, 0.6) is 0 Å². The molecule has 1 aromatic carbocycles. The number of carbonyl (C=O) groups is 2. The maximum absolute atomic E-state index is 12.4. The molecule has 4 N–H and O–H groups in total. The Morgan fingerprint density at radius 2 is 1.78 bits per heavy atom. The standard InChI is InChI=1S/C17H25N3O2.ClH/c1-19-16(21)13-8-5-9-14(10-13)17(22)20-15(11-18)12-6-3-2-4-7-12;/h5,8-10,12,15H,2-4,6-7,11,18H2,1H3,(H,19,21)(H,20,22);1H. The van der Waals surface area contributed by atoms with Crippen molar-refractivity contribution in [1.82, 2.24) is 10.6 Å². The van der Waals surface area contributed by atoms with E-state index in [-0.39, 0.29) is 30.3 Å². The van der Waals surface area contributed by atoms with Gasteiger partial charge >= 0.3 is 0 Å². The zero-order valence-electron chi connectivity index (χ0n) is 13.5. The minimum atomic E-state index is -0.197. The zero-order valence-corrected chi connectivity index (χ0v) is 14.3. The molecule has 0 spiro atoms. The van der Waals surface area contributed by atoms with Crippen LogP contribution < -0.4 is 16.4 Å². The average Bonchev–Trinajstić information content (AvgIpc) is 2.59. The molecule has 0 heterocycles. The summed E-state index contributed by atoms with van der Waals surface area (Å²) in [6.07, 6.45) is 5.95. The number of halogens is 1. The van der Waals surface area contributed by atoms with Gasteiger partial charge in [0.1, 0.15) is 0 Å². The summed E-state index contributed by atoms with van der Waals surface area (Å²) in [5.74, 6) is 0.105. The molecule has 1 saturated carbocycles. The van der Waals surface area contributed by atoms with Crippen LogP contribution in [0.1, 0.15) is 52.8 Å². The highest BCUT2D eigenvalue weighted by Gasteiger charge is 2.24. The Bertz CT molecular complexity index is 530. The SMILES string of the molecule is CNC(=O)c1cccc(C(=O)NC(CN)C2CCCCC2)c1.Cl. The molecule has 2 amide bonds. The average molecular weight is 340 g/mol. The van der Waals surface area contributed by atoms with Crippen molar-refractivity contribution in [3.8, 4) is 0 Å². The fourth-order valence-corrected chi connectivity index (χ4v) is 3.10. The third-order valence-corrected chi connectivity index (χ3v) is 4.40. The van der Waals surface area contributed by atoms with Gasteiger partial charge in [-0.3, -0.25) is 9.59 Å². The van der Waals surface area contributed by atoms with Gasteiger partial charge in [-0.05, 0) is 37.0 Å². The van der Waals surface area contributed by atoms with Gasteiger partial charge in [0.05, 0.1) is 0 Å². The molecule has 1 atom stereocenters. The van der Waals surface area contributed by atoms with Crippen LogP contribution in [0.25, 0.3) is 0 Å². The number of hydrogen-bond acceptors (Lipinski definition) is 3. The Balaban J connectivity index is 0.00000264. The van der Waals surface area contributed by atoms with Gasteiger partial charge in [0, 0.05) is 30.8 Å². The number of hydrogen-bond donors (Lipinski definition) is 3. The molecular weight excluding hydrogens is 314 g/mol. The highest BCUT2D eigenvalue weighted by atomic mass is 35.5. The highest BCUT2D eigenvalue weighted by Crippen LogP contribution is 2.26. The van der Waals surface area contributed by atoms with E-state index in [0.29, 0.717) is 23.6 Å². The molecule has 0 radical (unpaired) electrons. The van der Waals surface area contributed by atoms with Crippen molar-refractivity contribution in [2.75, 3.05) is 13.6 Å². The normalized spacial score (nSPS) is 16.1. The molecule has 1 aliphatic carbocycles. The summed E-state index contributed by atoms with van der Waals surface area (Å²) in [5, 5.41) is 5.60. The van der Waals surface area contributed by atoms with Crippen LogP contribution in [0.4, 0.5) is 0 Å². The van der Waals surface area contributed by atoms with E-state index < -0.39 is 0 Å². The number of rotatable bonds is 5. The summed E-state index contributed by atoms with van der Waals surface area (Å²) in [7, 11) is 1.57. The summed E-state index contributed by atoms with van der Waals surface area (Å²) in [4.78, 5) is 24.1. The van der Waals surface area contributed by atoms with Crippen LogP contribution in [0, 0.1) is 5.92 Å². The minimum Gasteiger partial charge on any atom is -0.355 e. The summed E-state index contributed by atoms with van der Waals surface area (Å²) in [6, 6.07) is 6.75. The summed E-state index contributed by atoms with van der Waals surface area (Å²) < 4.78 is 0. The van der Waals surface area contributed by atoms with E-state index in [1.54, 1.807) is 31.3 Å². The Hall–Kier alpha value is -1.59. The van der Waals surface area contributed by atoms with Gasteiger partial charge in [-0.2, -0.15) is 0 Å². The summed E-state index contributed by atoms with van der Waals surface area (Å²) >= 11 is 0. The molecule has 1 unspecified atom stereocenters. The summed E-state index contributed by atoms with van der Waals surface area (Å²) in [5.41, 5.74) is 6.83. The third-order valence-electron chi connectivity index (χ3n) is 4.40. The molecule has 5 nitrogen and oxygen atoms in total. The maximum atomic E-state index is 12.4. The molecular formula is C17H26ClN3O2. The second kappa shape index (κ2) is 9.53. The smallest absolute Gasteiger partial charge is 0.251 e. The molecule has 1 fully saturated rings. The topological polar surface area (TPSA) is 84.2 Å². The lowest BCUT2D eigenvalue weighted by Crippen LogP contribution is -2.45. The van der Waals surface area contributed by atoms with Gasteiger partial charge < -0.3 is 16.4 Å². The van der Waals surface area contributed by atoms with E-state index in [9.17, 15) is 9.59 Å². The van der Waals surface area contributed by atoms with E-state index in [1.165, 1.54) is 19.3 Å². The zero-order chi connectivity index (χ0) is 15.9. The lowest BCUT2D eigenvalue weighted by molar-refractivity contribution is 0.0915. The van der Waals surface area contributed by atoms with Crippen LogP contribution in [-0.2, 0) is 0 Å². The molecule has 0 bridgehead atoms. The largest absolute Gasteiger partial charge is 0.355 e. The minimum absolute atomic E-state index is 0. The predicted molar refractivity (Wildman–Crippen MR) is 94.0 cm³/mol. The molecule has 1 aromatic rings. The van der Waals surface area contributed by atoms with E-state index in [4.69, 9.17) is 5.73 Å². The fourth-order valence-electron chi connectivity index (χ4n) is 3.10. The number of nitrogens with two attached hydrogens (primary N) is 1. The maximum Gasteiger partial charge on any atom is 0.251 e. The monoisotopic (exact) mass is 339 g/mol. The predicted octanol–water partition coefficient (Wildman–Crippen LogP) is 2.11. The van der Waals surface area contributed by atoms with E-state index >= 15 is 0 Å². The van der Waals surface area contributed by atoms with Gasteiger partial charge in [0.25, 0.3) is 11.8 Å². The first-order valence-corrected chi connectivity index (χ1v) is 7.98. The summed E-state index contributed by atoms with van der Waals surface area (Å²) in [6.45, 7) is 0.450. The Morgan fingerprint density at radius 3 is 2.35 bits per heavy atom. The number of nitrogens with one attached hydrogen (secondary N) is 2. The molecule has 0 aliphatic heterocycles. The van der Waals surface area contributed by atoms with Gasteiger partial charge in [-0.15, -0.1) is 12.4 Å². The molecule has 6 heteroatoms. The third kappa shape index (κ3) is 5.22. The van der Waals surface area contributed by atoms with Crippen LogP contribution in [-0.4, -0.2) is 31.4 Å². The molecule has 2 rings (SSSR count). The van der Waals surface area contributed by atoms with Crippen molar-refractivity contribution >= 4 is 24.2 Å². The number of carbonyl (C=O) groups excluding carboxylic acids is 2. The molecule has 1 aliphatic rings. The quantitative estimate of drug-likeness (QED) is 0.768. The van der Waals surface area contributed by atoms with Crippen molar-refractivity contribution in [2.24, 2.45) is 11.7 Å². The lowest BCUT2D eigenvalue weighted by Gasteiger charge is -2.30. The molecule has 23 heavy (non-hydrogen) atoms. The second-order valence-electron chi connectivity index (χ2n) is 5.87. The van der Waals surface area contributed by atoms with Crippen molar-refractivity contribution in [3.05, 3.63) is 35.4 Å². The van der Waals surface area contributed by atoms with Crippen molar-refractivity contribution in [1.29, 1.82) is 0 Å². The lowest BCUT2D eigenvalue weighted by atomic mass is 9.84. The van der Waals surface area contributed by atoms with Crippen molar-refractivity contribution in [3.63, 3.8) is 0 Å². The molecule has 0 aromatic heterocycles. The number of benzene rings is 1. The van der Waals surface area contributed by atoms with Gasteiger partial charge in [0.15, 0.2) is 0 Å². The second-order valence-corrected chi connectivity index (χ2v) is 5.87. The van der Waals surface area contributed by atoms with E-state index in [0.717, 1.165) is 12.8 Å². The Kier molecular flexibility index (Phi) is 8.06. The first-order chi connectivity index (χ1) is 10.7. The first-order valence-electron chi connectivity index (χ1n) is 7.98. The van der Waals surface area contributed by atoms with Crippen molar-refractivity contribution in [2.45, 2.75) is 38.1 Å². The highest BCUT2D eigenvalue weighted by molar-refractivity contribution is 5.99. The fraction of sp³-hybridized carbons (Fsp3) is 0.529. The number of amides is 2. The Morgan fingerprint density at radius 1 is 1.17 bits per heavy atom. The van der Waals surface area contributed by atoms with E-state index in [2.05, 4.69) is 10.6 Å². The molecule has 0 saturated heterocycles. The van der Waals surface area contributed by atoms with Crippen molar-refractivity contribution < 1.29 is 9.59 Å².